The summed E-state index contributed by atoms with van der Waals surface area (Å²) in [4.78, 5) is 11.5. The normalized spacial score (nSPS) is 10.7. The first-order valence-corrected chi connectivity index (χ1v) is 5.47. The molecule has 6 nitrogen and oxygen atoms in total. The lowest BCUT2D eigenvalue weighted by molar-refractivity contribution is 0.414. The summed E-state index contributed by atoms with van der Waals surface area (Å²) in [5, 5.41) is 10.1. The van der Waals surface area contributed by atoms with Crippen molar-refractivity contribution < 1.29 is 4.74 Å². The third kappa shape index (κ3) is 2.51. The number of H-pyrrole nitrogens is 1. The van der Waals surface area contributed by atoms with Gasteiger partial charge in [-0.05, 0) is 24.4 Å². The van der Waals surface area contributed by atoms with Crippen LogP contribution in [0.15, 0.2) is 40.4 Å². The van der Waals surface area contributed by atoms with Gasteiger partial charge in [-0.3, -0.25) is 9.89 Å². The highest BCUT2D eigenvalue weighted by atomic mass is 32.1. The number of ether oxygens (including phenoxy) is 1. The van der Waals surface area contributed by atoms with Crippen LogP contribution in [0.5, 0.6) is 5.75 Å². The minimum absolute atomic E-state index is 0.133. The fraction of sp³-hybridized carbons (Fsp3) is 0.0909. The molecule has 1 heterocycles. The van der Waals surface area contributed by atoms with E-state index in [1.54, 1.807) is 13.2 Å². The Morgan fingerprint density at radius 2 is 2.28 bits per heavy atom. The monoisotopic (exact) mass is 262 g/mol. The van der Waals surface area contributed by atoms with Crippen molar-refractivity contribution in [3.63, 3.8) is 0 Å². The highest BCUT2D eigenvalue weighted by molar-refractivity contribution is 7.71. The van der Waals surface area contributed by atoms with Crippen LogP contribution in [-0.4, -0.2) is 28.2 Å². The predicted octanol–water partition coefficient (Wildman–Crippen LogP) is 1.19. The smallest absolute Gasteiger partial charge is 0.293 e. The van der Waals surface area contributed by atoms with Crippen molar-refractivity contribution >= 4 is 18.4 Å². The SMILES string of the molecule is COc1ccccc1/C=N/n1c(=O)cn[nH]c1=S. The molecule has 92 valence electrons. The first-order chi connectivity index (χ1) is 8.72. The van der Waals surface area contributed by atoms with Crippen molar-refractivity contribution in [2.24, 2.45) is 5.10 Å². The number of aromatic amines is 1. The van der Waals surface area contributed by atoms with Crippen molar-refractivity contribution in [3.8, 4) is 5.75 Å². The summed E-state index contributed by atoms with van der Waals surface area (Å²) in [5.41, 5.74) is 0.350. The van der Waals surface area contributed by atoms with E-state index in [1.165, 1.54) is 6.21 Å². The molecule has 7 heteroatoms. The lowest BCUT2D eigenvalue weighted by Gasteiger charge is -2.03. The zero-order valence-electron chi connectivity index (χ0n) is 9.53. The van der Waals surface area contributed by atoms with E-state index in [1.807, 2.05) is 18.2 Å². The Morgan fingerprint density at radius 1 is 1.50 bits per heavy atom. The molecule has 0 saturated heterocycles. The van der Waals surface area contributed by atoms with Gasteiger partial charge in [0, 0.05) is 5.56 Å². The molecule has 1 N–H and O–H groups in total. The molecule has 0 aliphatic rings. The number of aromatic nitrogens is 3. The van der Waals surface area contributed by atoms with Gasteiger partial charge in [-0.15, -0.1) is 0 Å². The van der Waals surface area contributed by atoms with Crippen molar-refractivity contribution in [2.45, 2.75) is 0 Å². The van der Waals surface area contributed by atoms with Gasteiger partial charge in [0.1, 0.15) is 11.9 Å². The molecule has 0 atom stereocenters. The van der Waals surface area contributed by atoms with E-state index in [9.17, 15) is 4.79 Å². The maximum absolute atomic E-state index is 11.5. The highest BCUT2D eigenvalue weighted by Gasteiger charge is 1.99. The van der Waals surface area contributed by atoms with Gasteiger partial charge in [-0.25, -0.2) is 0 Å². The van der Waals surface area contributed by atoms with Crippen LogP contribution in [0.4, 0.5) is 0 Å². The molecule has 0 radical (unpaired) electrons. The van der Waals surface area contributed by atoms with Crippen LogP contribution in [0.1, 0.15) is 5.56 Å². The number of benzene rings is 1. The number of hydrogen-bond acceptors (Lipinski definition) is 5. The summed E-state index contributed by atoms with van der Waals surface area (Å²) in [7, 11) is 1.57. The van der Waals surface area contributed by atoms with Gasteiger partial charge in [-0.2, -0.15) is 14.9 Å². The maximum Gasteiger partial charge on any atom is 0.293 e. The maximum atomic E-state index is 11.5. The minimum atomic E-state index is -0.398. The van der Waals surface area contributed by atoms with E-state index in [4.69, 9.17) is 17.0 Å². The molecule has 0 amide bonds. The van der Waals surface area contributed by atoms with Gasteiger partial charge >= 0.3 is 0 Å². The first kappa shape index (κ1) is 12.2. The summed E-state index contributed by atoms with van der Waals surface area (Å²) in [6, 6.07) is 7.32. The Labute approximate surface area is 108 Å². The molecule has 0 saturated carbocycles. The van der Waals surface area contributed by atoms with E-state index in [-0.39, 0.29) is 4.77 Å². The van der Waals surface area contributed by atoms with Crippen molar-refractivity contribution in [3.05, 3.63) is 51.2 Å². The Balaban J connectivity index is 2.43. The van der Waals surface area contributed by atoms with Crippen molar-refractivity contribution in [2.75, 3.05) is 7.11 Å². The van der Waals surface area contributed by atoms with E-state index < -0.39 is 5.56 Å². The molecule has 18 heavy (non-hydrogen) atoms. The molecular weight excluding hydrogens is 252 g/mol. The minimum Gasteiger partial charge on any atom is -0.496 e. The first-order valence-electron chi connectivity index (χ1n) is 5.06. The summed E-state index contributed by atoms with van der Waals surface area (Å²) in [6.07, 6.45) is 2.61. The van der Waals surface area contributed by atoms with Crippen LogP contribution in [0.25, 0.3) is 0 Å². The number of para-hydroxylation sites is 1. The summed E-state index contributed by atoms with van der Waals surface area (Å²) in [6.45, 7) is 0. The number of methoxy groups -OCH3 is 1. The fourth-order valence-electron chi connectivity index (χ4n) is 1.35. The van der Waals surface area contributed by atoms with Crippen LogP contribution in [0, 0.1) is 4.77 Å². The second-order valence-electron chi connectivity index (χ2n) is 3.31. The molecule has 0 bridgehead atoms. The Hall–Kier alpha value is -2.28. The Bertz CT molecular complexity index is 661. The molecule has 0 aliphatic carbocycles. The van der Waals surface area contributed by atoms with Crippen LogP contribution in [0.3, 0.4) is 0 Å². The van der Waals surface area contributed by atoms with Crippen LogP contribution >= 0.6 is 12.2 Å². The molecule has 2 rings (SSSR count). The summed E-state index contributed by atoms with van der Waals surface area (Å²) < 4.78 is 6.35. The zero-order valence-corrected chi connectivity index (χ0v) is 10.3. The van der Waals surface area contributed by atoms with Crippen molar-refractivity contribution in [1.29, 1.82) is 0 Å². The number of nitrogens with one attached hydrogen (secondary N) is 1. The average molecular weight is 262 g/mol. The number of rotatable bonds is 3. The standard InChI is InChI=1S/C11H10N4O2S/c1-17-9-5-3-2-4-8(9)6-13-15-10(16)7-12-14-11(15)18/h2-7H,1H3,(H,14,18)/b13-6+. The second-order valence-corrected chi connectivity index (χ2v) is 3.70. The van der Waals surface area contributed by atoms with Gasteiger partial charge < -0.3 is 4.74 Å². The largest absolute Gasteiger partial charge is 0.496 e. The van der Waals surface area contributed by atoms with Gasteiger partial charge in [0.15, 0.2) is 0 Å². The molecule has 1 aromatic carbocycles. The number of hydrogen-bond donors (Lipinski definition) is 1. The van der Waals surface area contributed by atoms with Crippen molar-refractivity contribution in [1.82, 2.24) is 14.9 Å². The zero-order chi connectivity index (χ0) is 13.0. The fourth-order valence-corrected chi connectivity index (χ4v) is 1.54. The molecular formula is C11H10N4O2S. The van der Waals surface area contributed by atoms with E-state index in [0.29, 0.717) is 5.75 Å². The topological polar surface area (TPSA) is 72.3 Å². The molecule has 2 aromatic rings. The predicted molar refractivity (Wildman–Crippen MR) is 69.7 cm³/mol. The Morgan fingerprint density at radius 3 is 3.00 bits per heavy atom. The molecule has 0 unspecified atom stereocenters. The van der Waals surface area contributed by atoms with Gasteiger partial charge in [0.25, 0.3) is 5.56 Å². The van der Waals surface area contributed by atoms with Crippen LogP contribution in [-0.2, 0) is 0 Å². The van der Waals surface area contributed by atoms with E-state index in [2.05, 4.69) is 15.3 Å². The molecule has 0 spiro atoms. The molecule has 0 aliphatic heterocycles. The second kappa shape index (κ2) is 5.37. The average Bonchev–Trinajstić information content (AvgIpc) is 2.38. The van der Waals surface area contributed by atoms with Crippen LogP contribution in [0.2, 0.25) is 0 Å². The summed E-state index contributed by atoms with van der Waals surface area (Å²) >= 11 is 4.92. The molecule has 1 aromatic heterocycles. The van der Waals surface area contributed by atoms with Gasteiger partial charge in [0.05, 0.1) is 13.3 Å². The summed E-state index contributed by atoms with van der Waals surface area (Å²) in [5.74, 6) is 0.665. The Kier molecular flexibility index (Phi) is 3.63. The quantitative estimate of drug-likeness (QED) is 0.666. The van der Waals surface area contributed by atoms with Gasteiger partial charge in [0.2, 0.25) is 4.77 Å². The van der Waals surface area contributed by atoms with Gasteiger partial charge in [-0.1, -0.05) is 12.1 Å². The lowest BCUT2D eigenvalue weighted by Crippen LogP contribution is -2.18. The number of nitrogens with zero attached hydrogens (tertiary/aromatic N) is 3. The highest BCUT2D eigenvalue weighted by Crippen LogP contribution is 2.14. The molecule has 0 fully saturated rings. The van der Waals surface area contributed by atoms with E-state index >= 15 is 0 Å². The third-order valence-corrected chi connectivity index (χ3v) is 2.45. The van der Waals surface area contributed by atoms with Crippen LogP contribution < -0.4 is 10.3 Å². The van der Waals surface area contributed by atoms with E-state index in [0.717, 1.165) is 16.4 Å². The lowest BCUT2D eigenvalue weighted by atomic mass is 10.2. The third-order valence-electron chi connectivity index (χ3n) is 2.19.